The van der Waals surface area contributed by atoms with E-state index in [1.807, 2.05) is 30.3 Å². The lowest BCUT2D eigenvalue weighted by Crippen LogP contribution is -2.47. The van der Waals surface area contributed by atoms with E-state index < -0.39 is 0 Å². The normalized spacial score (nSPS) is 18.0. The fraction of sp³-hybridized carbons (Fsp3) is 0.409. The van der Waals surface area contributed by atoms with Crippen LogP contribution < -0.4 is 9.64 Å². The number of phenols is 1. The minimum atomic E-state index is 0.138. The largest absolute Gasteiger partial charge is 0.508 e. The molecule has 0 saturated carbocycles. The first kappa shape index (κ1) is 20.1. The highest BCUT2D eigenvalue weighted by atomic mass is 32.2. The molecule has 1 N–H and O–H groups in total. The number of piperazine rings is 1. The van der Waals surface area contributed by atoms with Gasteiger partial charge in [0, 0.05) is 43.3 Å². The summed E-state index contributed by atoms with van der Waals surface area (Å²) in [7, 11) is 1.61. The van der Waals surface area contributed by atoms with Crippen molar-refractivity contribution >= 4 is 23.4 Å². The van der Waals surface area contributed by atoms with Crippen LogP contribution in [0.1, 0.15) is 16.8 Å². The highest BCUT2D eigenvalue weighted by Gasteiger charge is 2.27. The van der Waals surface area contributed by atoms with Crippen LogP contribution in [-0.2, 0) is 0 Å². The van der Waals surface area contributed by atoms with Gasteiger partial charge in [-0.3, -0.25) is 9.69 Å². The lowest BCUT2D eigenvalue weighted by molar-refractivity contribution is 0.0957. The van der Waals surface area contributed by atoms with E-state index in [-0.39, 0.29) is 5.78 Å². The van der Waals surface area contributed by atoms with Crippen molar-refractivity contribution in [2.75, 3.05) is 57.8 Å². The maximum absolute atomic E-state index is 12.6. The minimum absolute atomic E-state index is 0.138. The van der Waals surface area contributed by atoms with Crippen LogP contribution in [0.2, 0.25) is 0 Å². The lowest BCUT2D eigenvalue weighted by atomic mass is 10.1. The molecule has 0 unspecified atom stereocenters. The summed E-state index contributed by atoms with van der Waals surface area (Å²) in [4.78, 5) is 18.4. The topological polar surface area (TPSA) is 56.2 Å². The molecule has 7 heteroatoms. The van der Waals surface area contributed by atoms with Crippen molar-refractivity contribution in [3.05, 3.63) is 48.0 Å². The summed E-state index contributed by atoms with van der Waals surface area (Å²) in [5.74, 6) is 1.12. The number of benzene rings is 2. The summed E-state index contributed by atoms with van der Waals surface area (Å²) in [6, 6.07) is 13.2. The molecule has 2 heterocycles. The maximum Gasteiger partial charge on any atom is 0.182 e. The van der Waals surface area contributed by atoms with E-state index >= 15 is 0 Å². The number of carbonyl (C=O) groups excluding carboxylic acids is 1. The van der Waals surface area contributed by atoms with E-state index in [9.17, 15) is 9.90 Å². The first-order chi connectivity index (χ1) is 14.1. The fourth-order valence-corrected chi connectivity index (χ4v) is 5.06. The number of rotatable bonds is 6. The van der Waals surface area contributed by atoms with E-state index in [0.29, 0.717) is 18.0 Å². The molecule has 2 aliphatic rings. The standard InChI is InChI=1S/C22H27N3O3S/c1-28-20-4-2-5-21-22(20)19(27)16-25(29-21)11-3-10-23-12-14-24(15-13-23)17-6-8-18(26)9-7-17/h2,4-9,26H,3,10-16H2,1H3. The summed E-state index contributed by atoms with van der Waals surface area (Å²) in [6.07, 6.45) is 1.04. The number of Topliss-reactive ketones (excluding diaryl/α,β-unsaturated/α-hetero) is 1. The zero-order chi connectivity index (χ0) is 20.2. The molecule has 0 atom stereocenters. The summed E-state index contributed by atoms with van der Waals surface area (Å²) >= 11 is 1.66. The van der Waals surface area contributed by atoms with Crippen LogP contribution in [-0.4, -0.2) is 73.0 Å². The highest BCUT2D eigenvalue weighted by Crippen LogP contribution is 2.36. The SMILES string of the molecule is COc1cccc2c1C(=O)CN(CCCN1CCN(c3ccc(O)cc3)CC1)S2. The van der Waals surface area contributed by atoms with Gasteiger partial charge in [-0.05, 0) is 61.3 Å². The van der Waals surface area contributed by atoms with Crippen molar-refractivity contribution in [3.63, 3.8) is 0 Å². The molecule has 1 saturated heterocycles. The number of carbonyl (C=O) groups is 1. The molecule has 0 aromatic heterocycles. The van der Waals surface area contributed by atoms with Crippen molar-refractivity contribution < 1.29 is 14.6 Å². The Labute approximate surface area is 176 Å². The van der Waals surface area contributed by atoms with Crippen LogP contribution >= 0.6 is 11.9 Å². The van der Waals surface area contributed by atoms with Crippen LogP contribution in [0, 0.1) is 0 Å². The van der Waals surface area contributed by atoms with E-state index in [4.69, 9.17) is 4.74 Å². The maximum atomic E-state index is 12.6. The Morgan fingerprint density at radius 1 is 1.03 bits per heavy atom. The Morgan fingerprint density at radius 2 is 1.79 bits per heavy atom. The van der Waals surface area contributed by atoms with E-state index in [1.165, 1.54) is 5.69 Å². The second-order valence-electron chi connectivity index (χ2n) is 7.41. The van der Waals surface area contributed by atoms with Crippen LogP contribution in [0.4, 0.5) is 5.69 Å². The Balaban J connectivity index is 1.23. The van der Waals surface area contributed by atoms with Crippen molar-refractivity contribution in [2.24, 2.45) is 0 Å². The summed E-state index contributed by atoms with van der Waals surface area (Å²) < 4.78 is 7.51. The average Bonchev–Trinajstić information content (AvgIpc) is 2.74. The van der Waals surface area contributed by atoms with E-state index in [2.05, 4.69) is 14.1 Å². The molecule has 2 aromatic rings. The zero-order valence-corrected chi connectivity index (χ0v) is 17.5. The van der Waals surface area contributed by atoms with Gasteiger partial charge in [-0.25, -0.2) is 4.31 Å². The third-order valence-electron chi connectivity index (χ3n) is 5.50. The Hall–Kier alpha value is -2.22. The van der Waals surface area contributed by atoms with Crippen LogP contribution in [0.25, 0.3) is 0 Å². The van der Waals surface area contributed by atoms with Gasteiger partial charge in [0.15, 0.2) is 5.78 Å². The van der Waals surface area contributed by atoms with Crippen molar-refractivity contribution in [1.29, 1.82) is 0 Å². The summed E-state index contributed by atoms with van der Waals surface area (Å²) in [6.45, 7) is 6.43. The molecule has 0 aliphatic carbocycles. The van der Waals surface area contributed by atoms with Gasteiger partial charge in [-0.2, -0.15) is 0 Å². The summed E-state index contributed by atoms with van der Waals surface area (Å²) in [5.41, 5.74) is 1.89. The Kier molecular flexibility index (Phi) is 6.28. The molecule has 0 amide bonds. The number of phenolic OH excluding ortho intramolecular Hbond substituents is 1. The molecule has 6 nitrogen and oxygen atoms in total. The number of anilines is 1. The molecule has 154 valence electrons. The number of aromatic hydroxyl groups is 1. The molecule has 2 aromatic carbocycles. The van der Waals surface area contributed by atoms with Gasteiger partial charge in [0.2, 0.25) is 0 Å². The third kappa shape index (κ3) is 4.69. The van der Waals surface area contributed by atoms with Crippen molar-refractivity contribution in [3.8, 4) is 11.5 Å². The predicted octanol–water partition coefficient (Wildman–Crippen LogP) is 3.12. The van der Waals surface area contributed by atoms with Gasteiger partial charge >= 0.3 is 0 Å². The lowest BCUT2D eigenvalue weighted by Gasteiger charge is -2.36. The van der Waals surface area contributed by atoms with Crippen LogP contribution in [0.5, 0.6) is 11.5 Å². The zero-order valence-electron chi connectivity index (χ0n) is 16.7. The average molecular weight is 414 g/mol. The van der Waals surface area contributed by atoms with Crippen LogP contribution in [0.15, 0.2) is 47.4 Å². The molecule has 1 fully saturated rings. The van der Waals surface area contributed by atoms with Crippen LogP contribution in [0.3, 0.4) is 0 Å². The van der Waals surface area contributed by atoms with E-state index in [0.717, 1.165) is 56.1 Å². The van der Waals surface area contributed by atoms with Gasteiger partial charge < -0.3 is 14.7 Å². The number of fused-ring (bicyclic) bond motifs is 1. The van der Waals surface area contributed by atoms with Gasteiger partial charge in [-0.15, -0.1) is 0 Å². The van der Waals surface area contributed by atoms with Gasteiger partial charge in [-0.1, -0.05) is 6.07 Å². The number of hydrogen-bond donors (Lipinski definition) is 1. The summed E-state index contributed by atoms with van der Waals surface area (Å²) in [5, 5.41) is 9.44. The molecule has 2 aliphatic heterocycles. The molecular formula is C22H27N3O3S. The molecule has 0 radical (unpaired) electrons. The molecule has 0 spiro atoms. The Bertz CT molecular complexity index is 851. The fourth-order valence-electron chi connectivity index (χ4n) is 3.93. The quantitative estimate of drug-likeness (QED) is 0.730. The van der Waals surface area contributed by atoms with Gasteiger partial charge in [0.1, 0.15) is 11.5 Å². The third-order valence-corrected chi connectivity index (χ3v) is 6.61. The second kappa shape index (κ2) is 9.07. The number of nitrogens with zero attached hydrogens (tertiary/aromatic N) is 3. The first-order valence-electron chi connectivity index (χ1n) is 10.0. The number of hydrogen-bond acceptors (Lipinski definition) is 7. The van der Waals surface area contributed by atoms with Crippen molar-refractivity contribution in [2.45, 2.75) is 11.3 Å². The van der Waals surface area contributed by atoms with Crippen molar-refractivity contribution in [1.82, 2.24) is 9.21 Å². The predicted molar refractivity (Wildman–Crippen MR) is 116 cm³/mol. The van der Waals surface area contributed by atoms with Gasteiger partial charge in [0.05, 0.1) is 19.2 Å². The van der Waals surface area contributed by atoms with E-state index in [1.54, 1.807) is 31.2 Å². The minimum Gasteiger partial charge on any atom is -0.508 e. The van der Waals surface area contributed by atoms with Gasteiger partial charge in [0.25, 0.3) is 0 Å². The number of methoxy groups -OCH3 is 1. The smallest absolute Gasteiger partial charge is 0.182 e. The first-order valence-corrected chi connectivity index (χ1v) is 10.8. The second-order valence-corrected chi connectivity index (χ2v) is 8.55. The number of ketones is 1. The molecule has 29 heavy (non-hydrogen) atoms. The molecular weight excluding hydrogens is 386 g/mol. The molecule has 0 bridgehead atoms. The Morgan fingerprint density at radius 3 is 2.52 bits per heavy atom. The molecule has 4 rings (SSSR count). The monoisotopic (exact) mass is 413 g/mol. The number of ether oxygens (including phenoxy) is 1. The highest BCUT2D eigenvalue weighted by molar-refractivity contribution is 7.97.